The molecule has 0 aromatic heterocycles. The first-order valence-electron chi connectivity index (χ1n) is 11.5. The number of hydrogen-bond acceptors (Lipinski definition) is 5. The average Bonchev–Trinajstić information content (AvgIpc) is 3.14. The Morgan fingerprint density at radius 1 is 1.00 bits per heavy atom. The Morgan fingerprint density at radius 2 is 1.69 bits per heavy atom. The third kappa shape index (κ3) is 5.48. The van der Waals surface area contributed by atoms with Crippen molar-refractivity contribution in [1.29, 1.82) is 0 Å². The van der Waals surface area contributed by atoms with Gasteiger partial charge in [-0.05, 0) is 104 Å². The molecule has 0 unspecified atom stereocenters. The molecule has 1 saturated heterocycles. The fraction of sp³-hybridized carbons (Fsp3) is 0.214. The number of methoxy groups -OCH3 is 1. The number of aryl methyl sites for hydroxylation is 2. The number of nitrogens with one attached hydrogen (secondary N) is 1. The molecule has 0 spiro atoms. The van der Waals surface area contributed by atoms with Crippen molar-refractivity contribution in [2.75, 3.05) is 18.6 Å². The first-order chi connectivity index (χ1) is 17.3. The molecule has 0 radical (unpaired) electrons. The minimum atomic E-state index is -0.232. The van der Waals surface area contributed by atoms with Crippen LogP contribution in [-0.2, 0) is 11.4 Å². The summed E-state index contributed by atoms with van der Waals surface area (Å²) in [5.41, 5.74) is 4.61. The third-order valence-electron chi connectivity index (χ3n) is 5.70. The van der Waals surface area contributed by atoms with E-state index in [0.29, 0.717) is 35.5 Å². The van der Waals surface area contributed by atoms with E-state index in [9.17, 15) is 4.79 Å². The van der Waals surface area contributed by atoms with E-state index in [1.807, 2.05) is 75.4 Å². The number of amides is 1. The summed E-state index contributed by atoms with van der Waals surface area (Å²) in [5.74, 6) is 1.92. The van der Waals surface area contributed by atoms with Crippen LogP contribution in [0.5, 0.6) is 17.2 Å². The molecule has 0 aliphatic carbocycles. The van der Waals surface area contributed by atoms with Gasteiger partial charge in [0, 0.05) is 10.6 Å². The maximum atomic E-state index is 13.2. The van der Waals surface area contributed by atoms with Gasteiger partial charge in [0.2, 0.25) is 0 Å². The van der Waals surface area contributed by atoms with Crippen LogP contribution in [0.25, 0.3) is 6.08 Å². The quantitative estimate of drug-likeness (QED) is 0.280. The summed E-state index contributed by atoms with van der Waals surface area (Å²) < 4.78 is 17.0. The predicted molar refractivity (Wildman–Crippen MR) is 147 cm³/mol. The number of hydrogen-bond donors (Lipinski definition) is 1. The number of nitrogens with zero attached hydrogens (tertiary/aromatic N) is 1. The first kappa shape index (κ1) is 25.5. The zero-order chi connectivity index (χ0) is 25.8. The van der Waals surface area contributed by atoms with Crippen LogP contribution in [0.1, 0.15) is 29.2 Å². The minimum absolute atomic E-state index is 0.232. The van der Waals surface area contributed by atoms with Crippen molar-refractivity contribution >= 4 is 46.6 Å². The molecule has 1 aliphatic rings. The fourth-order valence-electron chi connectivity index (χ4n) is 3.95. The smallest absolute Gasteiger partial charge is 0.281 e. The highest BCUT2D eigenvalue weighted by Crippen LogP contribution is 2.29. The summed E-state index contributed by atoms with van der Waals surface area (Å²) in [4.78, 5) is 14.6. The molecule has 1 fully saturated rings. The normalized spacial score (nSPS) is 14.2. The van der Waals surface area contributed by atoms with Crippen LogP contribution in [0.2, 0.25) is 5.02 Å². The van der Waals surface area contributed by atoms with Crippen LogP contribution in [0.4, 0.5) is 5.69 Å². The Bertz CT molecular complexity index is 1310. The lowest BCUT2D eigenvalue weighted by molar-refractivity contribution is -0.113. The number of carbonyl (C=O) groups is 1. The van der Waals surface area contributed by atoms with E-state index in [1.165, 1.54) is 4.90 Å². The van der Waals surface area contributed by atoms with E-state index in [-0.39, 0.29) is 5.91 Å². The molecular weight excluding hydrogens is 496 g/mol. The molecule has 0 saturated carbocycles. The second kappa shape index (κ2) is 11.0. The lowest BCUT2D eigenvalue weighted by Gasteiger charge is -2.14. The SMILES string of the molecule is CCOc1ccc(N2C(=O)/C(=C\c3ccc(OC)c(COc4cc(C)c(Cl)c(C)c4)c3)NC2=S)cc1. The summed E-state index contributed by atoms with van der Waals surface area (Å²) in [7, 11) is 1.61. The van der Waals surface area contributed by atoms with Crippen LogP contribution in [0.15, 0.2) is 60.3 Å². The standard InChI is InChI=1S/C28H27ClN2O4S/c1-5-34-22-9-7-21(8-10-22)31-27(32)24(30-28(31)36)15-19-6-11-25(33-4)20(14-19)16-35-23-12-17(2)26(29)18(3)13-23/h6-15H,5,16H2,1-4H3,(H,30,36)/b24-15+. The van der Waals surface area contributed by atoms with Crippen molar-refractivity contribution in [3.05, 3.63) is 87.6 Å². The second-order valence-electron chi connectivity index (χ2n) is 8.29. The number of benzene rings is 3. The number of ether oxygens (including phenoxy) is 3. The zero-order valence-electron chi connectivity index (χ0n) is 20.6. The summed E-state index contributed by atoms with van der Waals surface area (Å²) >= 11 is 11.7. The number of carbonyl (C=O) groups excluding carboxylic acids is 1. The highest BCUT2D eigenvalue weighted by atomic mass is 35.5. The molecule has 36 heavy (non-hydrogen) atoms. The van der Waals surface area contributed by atoms with Crippen molar-refractivity contribution in [3.63, 3.8) is 0 Å². The molecule has 0 bridgehead atoms. The number of anilines is 1. The van der Waals surface area contributed by atoms with Gasteiger partial charge >= 0.3 is 0 Å². The van der Waals surface area contributed by atoms with Gasteiger partial charge in [0.25, 0.3) is 5.91 Å². The van der Waals surface area contributed by atoms with Gasteiger partial charge in [0.15, 0.2) is 5.11 Å². The maximum absolute atomic E-state index is 13.2. The lowest BCUT2D eigenvalue weighted by atomic mass is 10.1. The molecule has 1 aliphatic heterocycles. The predicted octanol–water partition coefficient (Wildman–Crippen LogP) is 6.21. The highest BCUT2D eigenvalue weighted by Gasteiger charge is 2.32. The van der Waals surface area contributed by atoms with Gasteiger partial charge in [-0.1, -0.05) is 17.7 Å². The summed E-state index contributed by atoms with van der Waals surface area (Å²) in [6.45, 7) is 6.68. The van der Waals surface area contributed by atoms with Crippen LogP contribution >= 0.6 is 23.8 Å². The zero-order valence-corrected chi connectivity index (χ0v) is 22.1. The fourth-order valence-corrected chi connectivity index (χ4v) is 4.35. The Kier molecular flexibility index (Phi) is 7.82. The van der Waals surface area contributed by atoms with Crippen molar-refractivity contribution < 1.29 is 19.0 Å². The molecule has 8 heteroatoms. The average molecular weight is 523 g/mol. The van der Waals surface area contributed by atoms with E-state index in [1.54, 1.807) is 13.2 Å². The molecular formula is C28H27ClN2O4S. The molecule has 1 heterocycles. The monoisotopic (exact) mass is 522 g/mol. The molecule has 186 valence electrons. The van der Waals surface area contributed by atoms with Crippen molar-refractivity contribution in [2.24, 2.45) is 0 Å². The van der Waals surface area contributed by atoms with E-state index in [2.05, 4.69) is 5.32 Å². The first-order valence-corrected chi connectivity index (χ1v) is 12.3. The van der Waals surface area contributed by atoms with Gasteiger partial charge in [0.1, 0.15) is 29.6 Å². The molecule has 1 N–H and O–H groups in total. The topological polar surface area (TPSA) is 60.0 Å². The Balaban J connectivity index is 1.54. The third-order valence-corrected chi connectivity index (χ3v) is 6.58. The van der Waals surface area contributed by atoms with Gasteiger partial charge in [-0.15, -0.1) is 0 Å². The van der Waals surface area contributed by atoms with Crippen molar-refractivity contribution in [2.45, 2.75) is 27.4 Å². The largest absolute Gasteiger partial charge is 0.496 e. The van der Waals surface area contributed by atoms with Gasteiger partial charge < -0.3 is 19.5 Å². The Morgan fingerprint density at radius 3 is 2.33 bits per heavy atom. The molecule has 1 amide bonds. The molecule has 6 nitrogen and oxygen atoms in total. The minimum Gasteiger partial charge on any atom is -0.496 e. The maximum Gasteiger partial charge on any atom is 0.281 e. The summed E-state index contributed by atoms with van der Waals surface area (Å²) in [6, 6.07) is 16.7. The van der Waals surface area contributed by atoms with Gasteiger partial charge in [-0.2, -0.15) is 0 Å². The molecule has 0 atom stereocenters. The summed E-state index contributed by atoms with van der Waals surface area (Å²) in [5, 5.41) is 4.08. The lowest BCUT2D eigenvalue weighted by Crippen LogP contribution is -2.30. The molecule has 3 aromatic rings. The highest BCUT2D eigenvalue weighted by molar-refractivity contribution is 7.80. The van der Waals surface area contributed by atoms with Gasteiger partial charge in [-0.3, -0.25) is 9.69 Å². The van der Waals surface area contributed by atoms with Crippen molar-refractivity contribution in [1.82, 2.24) is 5.32 Å². The Labute approximate surface area is 221 Å². The summed E-state index contributed by atoms with van der Waals surface area (Å²) in [6.07, 6.45) is 1.77. The van der Waals surface area contributed by atoms with E-state index < -0.39 is 0 Å². The van der Waals surface area contributed by atoms with E-state index in [0.717, 1.165) is 38.8 Å². The second-order valence-corrected chi connectivity index (χ2v) is 9.05. The number of halogens is 1. The van der Waals surface area contributed by atoms with Gasteiger partial charge in [-0.25, -0.2) is 0 Å². The van der Waals surface area contributed by atoms with Crippen molar-refractivity contribution in [3.8, 4) is 17.2 Å². The van der Waals surface area contributed by atoms with Crippen LogP contribution < -0.4 is 24.4 Å². The Hall–Kier alpha value is -3.55. The number of thiocarbonyl (C=S) groups is 1. The van der Waals surface area contributed by atoms with E-state index >= 15 is 0 Å². The van der Waals surface area contributed by atoms with Gasteiger partial charge in [0.05, 0.1) is 19.4 Å². The van der Waals surface area contributed by atoms with Crippen LogP contribution in [-0.4, -0.2) is 24.7 Å². The molecule has 3 aromatic carbocycles. The van der Waals surface area contributed by atoms with Crippen LogP contribution in [0, 0.1) is 13.8 Å². The van der Waals surface area contributed by atoms with Crippen LogP contribution in [0.3, 0.4) is 0 Å². The number of rotatable bonds is 8. The van der Waals surface area contributed by atoms with E-state index in [4.69, 9.17) is 38.0 Å². The molecule has 4 rings (SSSR count).